The molecule has 6 nitrogen and oxygen atoms in total. The Morgan fingerprint density at radius 1 is 1.37 bits per heavy atom. The minimum Gasteiger partial charge on any atom is -0.293 e. The first kappa shape index (κ1) is 13.1. The van der Waals surface area contributed by atoms with Gasteiger partial charge < -0.3 is 0 Å². The molecule has 3 N–H and O–H groups in total. The molecule has 0 aliphatic rings. The smallest absolute Gasteiger partial charge is 0.289 e. The second-order valence-corrected chi connectivity index (χ2v) is 4.21. The SMILES string of the molecule is Cc1c(C(=O)N/N=C/c2ccccc2Cl)[nH][nH]c1=O. The van der Waals surface area contributed by atoms with Gasteiger partial charge in [0.1, 0.15) is 5.69 Å². The van der Waals surface area contributed by atoms with Gasteiger partial charge in [-0.05, 0) is 13.0 Å². The van der Waals surface area contributed by atoms with Crippen LogP contribution in [0.4, 0.5) is 0 Å². The van der Waals surface area contributed by atoms with Gasteiger partial charge in [0.15, 0.2) is 0 Å². The van der Waals surface area contributed by atoms with E-state index >= 15 is 0 Å². The first-order valence-corrected chi connectivity index (χ1v) is 5.82. The first-order chi connectivity index (χ1) is 9.09. The second kappa shape index (κ2) is 5.53. The van der Waals surface area contributed by atoms with Crippen LogP contribution in [0, 0.1) is 6.92 Å². The number of benzene rings is 1. The first-order valence-electron chi connectivity index (χ1n) is 5.45. The van der Waals surface area contributed by atoms with Gasteiger partial charge in [-0.15, -0.1) is 0 Å². The number of rotatable bonds is 3. The van der Waals surface area contributed by atoms with Crippen molar-refractivity contribution in [2.24, 2.45) is 5.10 Å². The van der Waals surface area contributed by atoms with Gasteiger partial charge in [-0.3, -0.25) is 19.8 Å². The highest BCUT2D eigenvalue weighted by Gasteiger charge is 2.12. The Morgan fingerprint density at radius 2 is 2.11 bits per heavy atom. The van der Waals surface area contributed by atoms with Gasteiger partial charge in [0.2, 0.25) is 0 Å². The summed E-state index contributed by atoms with van der Waals surface area (Å²) >= 11 is 5.93. The number of aromatic amines is 2. The zero-order valence-electron chi connectivity index (χ0n) is 10.0. The van der Waals surface area contributed by atoms with E-state index < -0.39 is 5.91 Å². The average molecular weight is 279 g/mol. The van der Waals surface area contributed by atoms with E-state index in [0.29, 0.717) is 16.1 Å². The van der Waals surface area contributed by atoms with Crippen LogP contribution in [0.3, 0.4) is 0 Å². The summed E-state index contributed by atoms with van der Waals surface area (Å²) in [6.07, 6.45) is 1.43. The maximum absolute atomic E-state index is 11.7. The summed E-state index contributed by atoms with van der Waals surface area (Å²) < 4.78 is 0. The molecule has 98 valence electrons. The monoisotopic (exact) mass is 278 g/mol. The van der Waals surface area contributed by atoms with Crippen LogP contribution in [-0.2, 0) is 0 Å². The number of nitrogens with zero attached hydrogens (tertiary/aromatic N) is 1. The topological polar surface area (TPSA) is 90.1 Å². The molecule has 19 heavy (non-hydrogen) atoms. The number of hydrazone groups is 1. The fourth-order valence-corrected chi connectivity index (χ4v) is 1.63. The van der Waals surface area contributed by atoms with Crippen molar-refractivity contribution in [2.45, 2.75) is 6.92 Å². The van der Waals surface area contributed by atoms with Crippen LogP contribution in [0.5, 0.6) is 0 Å². The van der Waals surface area contributed by atoms with Crippen LogP contribution in [0.1, 0.15) is 21.6 Å². The summed E-state index contributed by atoms with van der Waals surface area (Å²) in [5, 5.41) is 9.12. The van der Waals surface area contributed by atoms with Crippen molar-refractivity contribution in [3.05, 3.63) is 56.5 Å². The van der Waals surface area contributed by atoms with Gasteiger partial charge in [-0.2, -0.15) is 5.10 Å². The summed E-state index contributed by atoms with van der Waals surface area (Å²) in [6, 6.07) is 7.09. The lowest BCUT2D eigenvalue weighted by Gasteiger charge is -1.98. The third kappa shape index (κ3) is 2.92. The van der Waals surface area contributed by atoms with Crippen LogP contribution >= 0.6 is 11.6 Å². The van der Waals surface area contributed by atoms with Crippen LogP contribution < -0.4 is 11.0 Å². The van der Waals surface area contributed by atoms with E-state index in [2.05, 4.69) is 20.7 Å². The maximum Gasteiger partial charge on any atom is 0.289 e. The van der Waals surface area contributed by atoms with E-state index in [0.717, 1.165) is 0 Å². The van der Waals surface area contributed by atoms with Crippen molar-refractivity contribution in [2.75, 3.05) is 0 Å². The molecule has 0 atom stereocenters. The van der Waals surface area contributed by atoms with Crippen molar-refractivity contribution >= 4 is 23.7 Å². The molecule has 1 heterocycles. The molecule has 0 unspecified atom stereocenters. The molecule has 2 aromatic rings. The molecule has 0 aliphatic heterocycles. The fraction of sp³-hybridized carbons (Fsp3) is 0.0833. The molecular weight excluding hydrogens is 268 g/mol. The Labute approximate surface area is 113 Å². The number of hydrogen-bond acceptors (Lipinski definition) is 3. The predicted molar refractivity (Wildman–Crippen MR) is 72.7 cm³/mol. The molecule has 1 aromatic carbocycles. The third-order valence-corrected chi connectivity index (χ3v) is 2.86. The fourth-order valence-electron chi connectivity index (χ4n) is 1.44. The summed E-state index contributed by atoms with van der Waals surface area (Å²) in [4.78, 5) is 22.9. The van der Waals surface area contributed by atoms with Crippen LogP contribution in [0.25, 0.3) is 0 Å². The summed E-state index contributed by atoms with van der Waals surface area (Å²) in [6.45, 7) is 1.54. The minimum absolute atomic E-state index is 0.154. The van der Waals surface area contributed by atoms with E-state index in [1.165, 1.54) is 6.21 Å². The van der Waals surface area contributed by atoms with E-state index in [4.69, 9.17) is 11.6 Å². The summed E-state index contributed by atoms with van der Waals surface area (Å²) in [5.41, 5.74) is 3.13. The van der Waals surface area contributed by atoms with E-state index in [-0.39, 0.29) is 11.3 Å². The van der Waals surface area contributed by atoms with Crippen molar-refractivity contribution in [1.82, 2.24) is 15.6 Å². The van der Waals surface area contributed by atoms with Gasteiger partial charge >= 0.3 is 0 Å². The Kier molecular flexibility index (Phi) is 3.82. The van der Waals surface area contributed by atoms with Gasteiger partial charge in [-0.25, -0.2) is 5.43 Å². The molecule has 0 saturated heterocycles. The molecular formula is C12H11ClN4O2. The summed E-state index contributed by atoms with van der Waals surface area (Å²) in [7, 11) is 0. The third-order valence-electron chi connectivity index (χ3n) is 2.52. The molecule has 0 radical (unpaired) electrons. The standard InChI is InChI=1S/C12H11ClN4O2/c1-7-10(15-17-11(7)18)12(19)16-14-6-8-4-2-3-5-9(8)13/h2-6H,1H3,(H,16,19)(H2,15,17,18)/b14-6+. The summed E-state index contributed by atoms with van der Waals surface area (Å²) in [5.74, 6) is -0.501. The second-order valence-electron chi connectivity index (χ2n) is 3.80. The van der Waals surface area contributed by atoms with Gasteiger partial charge in [0, 0.05) is 16.1 Å². The van der Waals surface area contributed by atoms with Gasteiger partial charge in [0.25, 0.3) is 11.5 Å². The Balaban J connectivity index is 2.07. The van der Waals surface area contributed by atoms with Crippen molar-refractivity contribution < 1.29 is 4.79 Å². The number of nitrogens with one attached hydrogen (secondary N) is 3. The number of hydrogen-bond donors (Lipinski definition) is 3. The number of amides is 1. The number of halogens is 1. The number of carbonyl (C=O) groups excluding carboxylic acids is 1. The molecule has 0 fully saturated rings. The quantitative estimate of drug-likeness (QED) is 0.585. The van der Waals surface area contributed by atoms with Crippen LogP contribution in [0.2, 0.25) is 5.02 Å². The molecule has 0 spiro atoms. The molecule has 2 rings (SSSR count). The van der Waals surface area contributed by atoms with E-state index in [1.54, 1.807) is 25.1 Å². The van der Waals surface area contributed by atoms with Crippen molar-refractivity contribution in [1.29, 1.82) is 0 Å². The lowest BCUT2D eigenvalue weighted by Crippen LogP contribution is -2.19. The Hall–Kier alpha value is -2.34. The largest absolute Gasteiger partial charge is 0.293 e. The number of carbonyl (C=O) groups is 1. The molecule has 1 aromatic heterocycles. The molecule has 1 amide bonds. The molecule has 0 aliphatic carbocycles. The number of aromatic nitrogens is 2. The number of H-pyrrole nitrogens is 2. The lowest BCUT2D eigenvalue weighted by atomic mass is 10.2. The normalized spacial score (nSPS) is 10.8. The lowest BCUT2D eigenvalue weighted by molar-refractivity contribution is 0.0949. The molecule has 7 heteroatoms. The van der Waals surface area contributed by atoms with Crippen molar-refractivity contribution in [3.63, 3.8) is 0 Å². The zero-order chi connectivity index (χ0) is 13.8. The van der Waals surface area contributed by atoms with Gasteiger partial charge in [0.05, 0.1) is 6.21 Å². The highest BCUT2D eigenvalue weighted by Crippen LogP contribution is 2.12. The van der Waals surface area contributed by atoms with E-state index in [9.17, 15) is 9.59 Å². The van der Waals surface area contributed by atoms with Crippen LogP contribution in [0.15, 0.2) is 34.2 Å². The van der Waals surface area contributed by atoms with Crippen molar-refractivity contribution in [3.8, 4) is 0 Å². The average Bonchev–Trinajstić information content (AvgIpc) is 2.72. The highest BCUT2D eigenvalue weighted by atomic mass is 35.5. The minimum atomic E-state index is -0.501. The van der Waals surface area contributed by atoms with Gasteiger partial charge in [-0.1, -0.05) is 29.8 Å². The molecule has 0 bridgehead atoms. The Bertz CT molecular complexity index is 687. The van der Waals surface area contributed by atoms with Crippen LogP contribution in [-0.4, -0.2) is 22.3 Å². The predicted octanol–water partition coefficient (Wildman–Crippen LogP) is 1.43. The highest BCUT2D eigenvalue weighted by molar-refractivity contribution is 6.33. The maximum atomic E-state index is 11.7. The molecule has 0 saturated carbocycles. The van der Waals surface area contributed by atoms with E-state index in [1.807, 2.05) is 6.07 Å². The Morgan fingerprint density at radius 3 is 2.74 bits per heavy atom. The zero-order valence-corrected chi connectivity index (χ0v) is 10.8.